The number of anilines is 8. The number of nitrogens with one attached hydrogen (secondary N) is 1. The third-order valence-corrected chi connectivity index (χ3v) is 23.5. The number of aryl methyl sites for hydroxylation is 8. The summed E-state index contributed by atoms with van der Waals surface area (Å²) in [5, 5.41) is 14.7. The molecule has 1 aliphatic rings. The van der Waals surface area contributed by atoms with Crippen LogP contribution in [0.15, 0.2) is 312 Å². The van der Waals surface area contributed by atoms with Crippen molar-refractivity contribution in [1.82, 2.24) is 4.57 Å². The molecule has 3 aromatic heterocycles. The second-order valence-electron chi connectivity index (χ2n) is 30.3. The first-order chi connectivity index (χ1) is 53.8. The maximum absolute atomic E-state index is 7.57. The maximum atomic E-state index is 7.57. The van der Waals surface area contributed by atoms with Gasteiger partial charge < -0.3 is 33.4 Å². The molecule has 0 saturated carbocycles. The quantitative estimate of drug-likeness (QED) is 0.124. The Morgan fingerprint density at radius 3 is 1.16 bits per heavy atom. The van der Waals surface area contributed by atoms with Crippen LogP contribution >= 0.6 is 0 Å². The molecular weight excluding hydrogens is 1340 g/mol. The van der Waals surface area contributed by atoms with Crippen LogP contribution in [0.25, 0.3) is 137 Å². The molecule has 20 rings (SSSR count). The van der Waals surface area contributed by atoms with E-state index < -0.39 is 0 Å². The van der Waals surface area contributed by atoms with Crippen molar-refractivity contribution in [2.75, 3.05) is 26.6 Å². The molecule has 0 bridgehead atoms. The molecule has 0 amide bonds. The Balaban J connectivity index is 0.859. The van der Waals surface area contributed by atoms with E-state index >= 15 is 0 Å². The second kappa shape index (κ2) is 26.0. The molecule has 0 radical (unpaired) electrons. The zero-order valence-electron chi connectivity index (χ0n) is 63.3. The highest BCUT2D eigenvalue weighted by molar-refractivity contribution is 6.38. The lowest BCUT2D eigenvalue weighted by atomic mass is 9.88. The predicted molar refractivity (Wildman–Crippen MR) is 465 cm³/mol. The summed E-state index contributed by atoms with van der Waals surface area (Å²) >= 11 is 0. The first-order valence-electron chi connectivity index (χ1n) is 38.4. The van der Waals surface area contributed by atoms with Gasteiger partial charge in [0, 0.05) is 67.3 Å². The van der Waals surface area contributed by atoms with Gasteiger partial charge >= 0.3 is 0 Å². The normalized spacial score (nSPS) is 13.0. The first kappa shape index (κ1) is 66.1. The average molecular weight is 1420 g/mol. The van der Waals surface area contributed by atoms with E-state index in [1.165, 1.54) is 99.9 Å². The number of para-hydroxylation sites is 4. The molecule has 1 aliphatic heterocycles. The highest BCUT2D eigenvalue weighted by atomic mass is 16.3. The van der Waals surface area contributed by atoms with Crippen LogP contribution in [0.3, 0.4) is 0 Å². The van der Waals surface area contributed by atoms with Crippen molar-refractivity contribution in [3.63, 3.8) is 0 Å². The van der Waals surface area contributed by atoms with Crippen LogP contribution in [0, 0.1) is 55.4 Å². The summed E-state index contributed by atoms with van der Waals surface area (Å²) in [5.74, 6) is 0. The maximum Gasteiger partial charge on any atom is 0.160 e. The van der Waals surface area contributed by atoms with Crippen LogP contribution in [-0.4, -0.2) is 11.1 Å². The van der Waals surface area contributed by atoms with E-state index in [1.54, 1.807) is 0 Å². The number of rotatable bonds is 13. The number of furan rings is 2. The molecule has 4 heterocycles. The van der Waals surface area contributed by atoms with Gasteiger partial charge in [-0.25, -0.2) is 0 Å². The summed E-state index contributed by atoms with van der Waals surface area (Å²) in [7, 11) is 0. The van der Waals surface area contributed by atoms with E-state index in [4.69, 9.17) is 8.83 Å². The van der Waals surface area contributed by atoms with Gasteiger partial charge in [0.15, 0.2) is 11.2 Å². The summed E-state index contributed by atoms with van der Waals surface area (Å²) in [6.07, 6.45) is -0.0644. The van der Waals surface area contributed by atoms with E-state index in [0.29, 0.717) is 0 Å². The molecule has 0 fully saturated rings. The third kappa shape index (κ3) is 10.6. The van der Waals surface area contributed by atoms with Crippen molar-refractivity contribution in [1.29, 1.82) is 0 Å². The lowest BCUT2D eigenvalue weighted by Gasteiger charge is -2.27. The van der Waals surface area contributed by atoms with Gasteiger partial charge in [0.05, 0.1) is 33.8 Å². The smallest absolute Gasteiger partial charge is 0.160 e. The Labute approximate surface area is 640 Å². The molecule has 16 aromatic carbocycles. The lowest BCUT2D eigenvalue weighted by Crippen LogP contribution is -2.27. The molecule has 110 heavy (non-hydrogen) atoms. The summed E-state index contributed by atoms with van der Waals surface area (Å²) in [6.45, 7) is 21.0. The molecule has 530 valence electrons. The van der Waals surface area contributed by atoms with E-state index in [-0.39, 0.29) is 6.17 Å². The minimum atomic E-state index is -0.0644. The standard InChI is InChI=1S/C103H81N5O2/c1-10-105-86-34-18-17-33-85(86)104-103(105)73-43-49-80(50-44-73)108-87-59-89(106(81-51-37-69-27-11-13-29-74(69)57-81)78-45-39-71(40-46-78)95-65(6)53-76(54-66(95)7)93-61(2)23-21-24-62(93)3)101-97(83-31-15-19-35-91(83)109-101)99(87)100-88(108)60-90(102-98(100)84-32-16-20-36-92(84)110-102)107(82-52-38-70-28-12-14-30-75(70)58-82)79-47-41-72(42-48-79)96-67(8)55-77(56-68(96)9)94-63(4)25-22-26-64(94)5/h11-60,103-104H,10H2,1-9H3. The van der Waals surface area contributed by atoms with Crippen LogP contribution in [0.4, 0.5) is 45.5 Å². The lowest BCUT2D eigenvalue weighted by molar-refractivity contribution is 0.669. The van der Waals surface area contributed by atoms with Gasteiger partial charge in [-0.2, -0.15) is 0 Å². The molecule has 0 spiro atoms. The molecule has 7 nitrogen and oxygen atoms in total. The van der Waals surface area contributed by atoms with Crippen molar-refractivity contribution in [2.45, 2.75) is 68.5 Å². The summed E-state index contributed by atoms with van der Waals surface area (Å²) < 4.78 is 17.7. The van der Waals surface area contributed by atoms with E-state index in [0.717, 1.165) is 140 Å². The van der Waals surface area contributed by atoms with Crippen molar-refractivity contribution in [3.05, 3.63) is 353 Å². The molecular formula is C103H81N5O2. The molecule has 1 unspecified atom stereocenters. The highest BCUT2D eigenvalue weighted by Crippen LogP contribution is 2.55. The van der Waals surface area contributed by atoms with Gasteiger partial charge in [0.2, 0.25) is 0 Å². The predicted octanol–water partition coefficient (Wildman–Crippen LogP) is 28.9. The Bertz CT molecular complexity index is 6520. The third-order valence-electron chi connectivity index (χ3n) is 23.5. The largest absolute Gasteiger partial charge is 0.454 e. The number of fused-ring (bicyclic) bond motifs is 14. The van der Waals surface area contributed by atoms with Gasteiger partial charge in [-0.3, -0.25) is 0 Å². The Hall–Kier alpha value is -13.4. The monoisotopic (exact) mass is 1420 g/mol. The number of hydrogen-bond donors (Lipinski definition) is 1. The van der Waals surface area contributed by atoms with Gasteiger partial charge in [-0.1, -0.05) is 206 Å². The Morgan fingerprint density at radius 2 is 0.718 bits per heavy atom. The van der Waals surface area contributed by atoms with Gasteiger partial charge in [0.1, 0.15) is 17.3 Å². The first-order valence-corrected chi connectivity index (χ1v) is 38.4. The molecule has 7 heteroatoms. The Kier molecular flexibility index (Phi) is 15.6. The van der Waals surface area contributed by atoms with Gasteiger partial charge in [-0.05, 0) is 275 Å². The molecule has 1 N–H and O–H groups in total. The molecule has 1 atom stereocenters. The van der Waals surface area contributed by atoms with Crippen LogP contribution in [0.5, 0.6) is 0 Å². The van der Waals surface area contributed by atoms with Gasteiger partial charge in [-0.15, -0.1) is 0 Å². The fourth-order valence-corrected chi connectivity index (χ4v) is 18.7. The van der Waals surface area contributed by atoms with E-state index in [1.807, 2.05) is 0 Å². The fourth-order valence-electron chi connectivity index (χ4n) is 18.7. The van der Waals surface area contributed by atoms with Crippen LogP contribution in [-0.2, 0) is 0 Å². The van der Waals surface area contributed by atoms with Crippen molar-refractivity contribution < 1.29 is 8.83 Å². The van der Waals surface area contributed by atoms with Crippen LogP contribution in [0.1, 0.15) is 63.2 Å². The van der Waals surface area contributed by atoms with Crippen molar-refractivity contribution in [2.24, 2.45) is 0 Å². The highest BCUT2D eigenvalue weighted by Gasteiger charge is 2.33. The van der Waals surface area contributed by atoms with Crippen molar-refractivity contribution >= 4 is 133 Å². The Morgan fingerprint density at radius 1 is 0.327 bits per heavy atom. The summed E-state index contributed by atoms with van der Waals surface area (Å²) in [4.78, 5) is 7.32. The minimum absolute atomic E-state index is 0.0644. The summed E-state index contributed by atoms with van der Waals surface area (Å²) in [6, 6.07) is 112. The van der Waals surface area contributed by atoms with E-state index in [9.17, 15) is 0 Å². The number of benzene rings is 16. The molecule has 0 aliphatic carbocycles. The zero-order chi connectivity index (χ0) is 74.3. The second-order valence-corrected chi connectivity index (χ2v) is 30.3. The molecule has 19 aromatic rings. The topological polar surface area (TPSA) is 53.0 Å². The SMILES string of the molecule is CCN1c2ccccc2NC1c1ccc(-n2c3cc(N(c4ccc(-c5c(C)cc(-c6c(C)cccc6C)cc5C)cc4)c4ccc5ccccc5c4)c4oc5ccccc5c4c3c3c4c(oc5ccccc54)c(N(c4ccc(-c5c(C)cc(-c6c(C)cccc6C)cc5C)cc4)c4ccc5ccccc5c4)cc32)cc1. The average Bonchev–Trinajstić information content (AvgIpc) is 1.52. The van der Waals surface area contributed by atoms with Crippen molar-refractivity contribution in [3.8, 4) is 50.2 Å². The summed E-state index contributed by atoms with van der Waals surface area (Å²) in [5.41, 5.74) is 35.5. The number of aromatic nitrogens is 1. The molecule has 0 saturated heterocycles. The number of hydrogen-bond acceptors (Lipinski definition) is 6. The van der Waals surface area contributed by atoms with E-state index in [2.05, 4.69) is 390 Å². The van der Waals surface area contributed by atoms with Gasteiger partial charge in [0.25, 0.3) is 0 Å². The zero-order valence-corrected chi connectivity index (χ0v) is 63.3. The van der Waals surface area contributed by atoms with Crippen LogP contribution in [0.2, 0.25) is 0 Å². The fraction of sp³-hybridized carbons (Fsp3) is 0.107. The number of nitrogens with zero attached hydrogens (tertiary/aromatic N) is 4. The van der Waals surface area contributed by atoms with Crippen LogP contribution < -0.4 is 20.0 Å². The minimum Gasteiger partial charge on any atom is -0.454 e.